The molecule has 0 unspecified atom stereocenters. The predicted molar refractivity (Wildman–Crippen MR) is 49.8 cm³/mol. The number of hydrogen-bond donors (Lipinski definition) is 0. The highest BCUT2D eigenvalue weighted by atomic mass is 35.5. The zero-order valence-electron chi connectivity index (χ0n) is 7.99. The maximum atomic E-state index is 11.4. The number of likely N-dealkylation sites (N-methyl/N-ethyl adjacent to an activating group) is 1. The lowest BCUT2D eigenvalue weighted by Crippen LogP contribution is -2.59. The molecule has 0 aromatic carbocycles. The van der Waals surface area contributed by atoms with Crippen molar-refractivity contribution in [2.24, 2.45) is 0 Å². The van der Waals surface area contributed by atoms with Crippen LogP contribution in [0, 0.1) is 0 Å². The highest BCUT2D eigenvalue weighted by Crippen LogP contribution is 2.13. The summed E-state index contributed by atoms with van der Waals surface area (Å²) >= 11 is 5.20. The number of hydrogen-bond acceptors (Lipinski definition) is 3. The largest absolute Gasteiger partial charge is 0.333 e. The first-order chi connectivity index (χ1) is 6.49. The highest BCUT2D eigenvalue weighted by Gasteiger charge is 2.39. The summed E-state index contributed by atoms with van der Waals surface area (Å²) in [5, 5.41) is -0.897. The molecule has 0 aliphatic carbocycles. The second-order valence-corrected chi connectivity index (χ2v) is 3.44. The predicted octanol–water partition coefficient (Wildman–Crippen LogP) is 0.424. The van der Waals surface area contributed by atoms with Gasteiger partial charge in [0.05, 0.1) is 6.04 Å². The van der Waals surface area contributed by atoms with Gasteiger partial charge in [-0.15, -0.1) is 0 Å². The second-order valence-electron chi connectivity index (χ2n) is 3.12. The molecule has 1 saturated heterocycles. The normalized spacial score (nSPS) is 22.9. The Kier molecular flexibility index (Phi) is 3.10. The summed E-state index contributed by atoms with van der Waals surface area (Å²) in [6.07, 6.45) is 0. The van der Waals surface area contributed by atoms with Gasteiger partial charge in [0.25, 0.3) is 0 Å². The second kappa shape index (κ2) is 3.96. The first kappa shape index (κ1) is 11.0. The monoisotopic (exact) mass is 218 g/mol. The Labute approximate surface area is 86.6 Å². The van der Waals surface area contributed by atoms with E-state index in [4.69, 9.17) is 11.6 Å². The van der Waals surface area contributed by atoms with Crippen LogP contribution >= 0.6 is 11.6 Å². The van der Waals surface area contributed by atoms with Crippen LogP contribution in [0.15, 0.2) is 0 Å². The quantitative estimate of drug-likeness (QED) is 0.364. The zero-order valence-corrected chi connectivity index (χ0v) is 8.74. The van der Waals surface area contributed by atoms with Crippen LogP contribution in [0.5, 0.6) is 0 Å². The van der Waals surface area contributed by atoms with Gasteiger partial charge in [-0.05, 0) is 25.4 Å². The lowest BCUT2D eigenvalue weighted by atomic mass is 10.2. The molecule has 1 heterocycles. The molecule has 1 atom stereocenters. The van der Waals surface area contributed by atoms with Gasteiger partial charge >= 0.3 is 17.2 Å². The van der Waals surface area contributed by atoms with Crippen molar-refractivity contribution in [3.8, 4) is 0 Å². The molecule has 78 valence electrons. The maximum absolute atomic E-state index is 11.4. The molecule has 0 aromatic heterocycles. The van der Waals surface area contributed by atoms with Gasteiger partial charge in [-0.3, -0.25) is 19.3 Å². The molecule has 5 nitrogen and oxygen atoms in total. The molecule has 1 rings (SSSR count). The van der Waals surface area contributed by atoms with Crippen LogP contribution in [0.1, 0.15) is 13.8 Å². The Balaban J connectivity index is 2.90. The molecule has 6 heteroatoms. The number of nitrogens with zero attached hydrogens (tertiary/aromatic N) is 2. The third-order valence-electron chi connectivity index (χ3n) is 2.19. The highest BCUT2D eigenvalue weighted by molar-refractivity contribution is 6.65. The van der Waals surface area contributed by atoms with E-state index in [1.807, 2.05) is 0 Å². The molecule has 0 saturated carbocycles. The summed E-state index contributed by atoms with van der Waals surface area (Å²) in [6, 6.07) is -0.356. The van der Waals surface area contributed by atoms with Crippen molar-refractivity contribution in [3.63, 3.8) is 0 Å². The lowest BCUT2D eigenvalue weighted by Gasteiger charge is -2.35. The van der Waals surface area contributed by atoms with Gasteiger partial charge in [-0.25, -0.2) is 0 Å². The molecule has 0 N–H and O–H groups in total. The summed E-state index contributed by atoms with van der Waals surface area (Å²) in [4.78, 5) is 35.8. The Morgan fingerprint density at radius 3 is 2.50 bits per heavy atom. The fraction of sp³-hybridized carbons (Fsp3) is 0.625. The topological polar surface area (TPSA) is 57.7 Å². The minimum atomic E-state index is -0.897. The van der Waals surface area contributed by atoms with Crippen molar-refractivity contribution < 1.29 is 14.4 Å². The molecule has 1 aliphatic rings. The van der Waals surface area contributed by atoms with E-state index in [1.54, 1.807) is 13.8 Å². The minimum Gasteiger partial charge on any atom is -0.333 e. The summed E-state index contributed by atoms with van der Waals surface area (Å²) < 4.78 is 0. The molecule has 1 fully saturated rings. The van der Waals surface area contributed by atoms with Crippen LogP contribution in [-0.4, -0.2) is 46.1 Å². The Morgan fingerprint density at radius 2 is 2.07 bits per heavy atom. The van der Waals surface area contributed by atoms with E-state index in [0.717, 1.165) is 4.90 Å². The number of halogens is 1. The number of imide groups is 1. The van der Waals surface area contributed by atoms with Crippen LogP contribution in [0.3, 0.4) is 0 Å². The summed E-state index contributed by atoms with van der Waals surface area (Å²) in [7, 11) is 0. The number of rotatable bonds is 1. The van der Waals surface area contributed by atoms with Crippen molar-refractivity contribution in [1.29, 1.82) is 0 Å². The average Bonchev–Trinajstić information content (AvgIpc) is 2.10. The van der Waals surface area contributed by atoms with E-state index < -0.39 is 17.2 Å². The van der Waals surface area contributed by atoms with Crippen molar-refractivity contribution in [2.75, 3.05) is 13.1 Å². The minimum absolute atomic E-state index is 0.347. The van der Waals surface area contributed by atoms with Crippen molar-refractivity contribution in [2.45, 2.75) is 19.9 Å². The van der Waals surface area contributed by atoms with Crippen molar-refractivity contribution in [1.82, 2.24) is 9.80 Å². The first-order valence-electron chi connectivity index (χ1n) is 4.31. The zero-order chi connectivity index (χ0) is 10.9. The van der Waals surface area contributed by atoms with E-state index in [9.17, 15) is 14.4 Å². The molecule has 0 spiro atoms. The van der Waals surface area contributed by atoms with E-state index in [1.165, 1.54) is 4.90 Å². The smallest absolute Gasteiger partial charge is 0.323 e. The summed E-state index contributed by atoms with van der Waals surface area (Å²) in [6.45, 7) is 4.25. The molecule has 1 aliphatic heterocycles. The van der Waals surface area contributed by atoms with Gasteiger partial charge in [0, 0.05) is 13.1 Å². The van der Waals surface area contributed by atoms with Gasteiger partial charge in [0.1, 0.15) is 0 Å². The number of piperazine rings is 1. The molecular formula is C8H11ClN2O3. The van der Waals surface area contributed by atoms with Gasteiger partial charge in [-0.2, -0.15) is 0 Å². The summed E-state index contributed by atoms with van der Waals surface area (Å²) in [5.41, 5.74) is 0. The number of carbonyl (C=O) groups excluding carboxylic acids is 3. The van der Waals surface area contributed by atoms with Crippen LogP contribution in [0.25, 0.3) is 0 Å². The van der Waals surface area contributed by atoms with Crippen LogP contribution in [-0.2, 0) is 9.59 Å². The van der Waals surface area contributed by atoms with E-state index in [0.29, 0.717) is 13.1 Å². The average molecular weight is 219 g/mol. The third-order valence-corrected chi connectivity index (χ3v) is 2.37. The Hall–Kier alpha value is -1.10. The van der Waals surface area contributed by atoms with Crippen molar-refractivity contribution in [3.05, 3.63) is 0 Å². The number of amides is 3. The van der Waals surface area contributed by atoms with Crippen LogP contribution < -0.4 is 0 Å². The maximum Gasteiger partial charge on any atom is 0.323 e. The fourth-order valence-corrected chi connectivity index (χ4v) is 1.69. The van der Waals surface area contributed by atoms with Crippen LogP contribution in [0.2, 0.25) is 0 Å². The molecular weight excluding hydrogens is 208 g/mol. The van der Waals surface area contributed by atoms with Gasteiger partial charge in [0.2, 0.25) is 0 Å². The lowest BCUT2D eigenvalue weighted by molar-refractivity contribution is -0.155. The fourth-order valence-electron chi connectivity index (χ4n) is 1.45. The SMILES string of the molecule is CCN1C[C@H](C)N(C(=O)Cl)C(=O)C1=O. The standard InChI is InChI=1S/C8H11ClN2O3/c1-3-10-4-5(2)11(8(9)14)7(13)6(10)12/h5H,3-4H2,1-2H3/t5-/m0/s1. The van der Waals surface area contributed by atoms with Crippen LogP contribution in [0.4, 0.5) is 4.79 Å². The third kappa shape index (κ3) is 1.72. The van der Waals surface area contributed by atoms with Gasteiger partial charge in [0.15, 0.2) is 0 Å². The molecule has 0 radical (unpaired) electrons. The Morgan fingerprint density at radius 1 is 1.50 bits per heavy atom. The summed E-state index contributed by atoms with van der Waals surface area (Å²) in [5.74, 6) is -1.51. The van der Waals surface area contributed by atoms with E-state index in [-0.39, 0.29) is 6.04 Å². The molecule has 14 heavy (non-hydrogen) atoms. The van der Waals surface area contributed by atoms with E-state index in [2.05, 4.69) is 0 Å². The molecule has 0 bridgehead atoms. The van der Waals surface area contributed by atoms with Gasteiger partial charge in [-0.1, -0.05) is 0 Å². The van der Waals surface area contributed by atoms with E-state index >= 15 is 0 Å². The molecule has 0 aromatic rings. The van der Waals surface area contributed by atoms with Gasteiger partial charge < -0.3 is 4.90 Å². The first-order valence-corrected chi connectivity index (χ1v) is 4.68. The number of carbonyl (C=O) groups is 3. The Bertz CT molecular complexity index is 292. The van der Waals surface area contributed by atoms with Crippen molar-refractivity contribution >= 4 is 28.8 Å². The molecule has 3 amide bonds.